The van der Waals surface area contributed by atoms with Gasteiger partial charge in [0.15, 0.2) is 11.5 Å². The minimum absolute atomic E-state index is 0.132. The largest absolute Gasteiger partial charge is 0.493 e. The van der Waals surface area contributed by atoms with Crippen LogP contribution in [0.15, 0.2) is 18.2 Å². The Morgan fingerprint density at radius 3 is 2.67 bits per heavy atom. The number of nitrogens with one attached hydrogen (secondary N) is 2. The van der Waals surface area contributed by atoms with E-state index in [2.05, 4.69) is 25.9 Å². The van der Waals surface area contributed by atoms with Gasteiger partial charge in [0.25, 0.3) is 11.9 Å². The average Bonchev–Trinajstić information content (AvgIpc) is 3.13. The van der Waals surface area contributed by atoms with Crippen LogP contribution in [0.25, 0.3) is 10.1 Å². The fourth-order valence-electron chi connectivity index (χ4n) is 1.86. The van der Waals surface area contributed by atoms with Gasteiger partial charge in [0.2, 0.25) is 0 Å². The summed E-state index contributed by atoms with van der Waals surface area (Å²) >= 11 is 1.34. The summed E-state index contributed by atoms with van der Waals surface area (Å²) < 4.78 is 11.4. The number of thiophene rings is 1. The molecule has 0 aliphatic heterocycles. The molecule has 0 unspecified atom stereocenters. The molecule has 1 aromatic carbocycles. The molecule has 3 rings (SSSR count). The van der Waals surface area contributed by atoms with E-state index in [1.807, 2.05) is 12.1 Å². The zero-order chi connectivity index (χ0) is 14.8. The molecule has 1 amide bonds. The quantitative estimate of drug-likeness (QED) is 0.760. The third kappa shape index (κ3) is 2.50. The number of anilines is 1. The SMILES string of the molecule is COc1cc2cc(C(=O)Nc3nn[nH]n3)sc2cc1OC. The van der Waals surface area contributed by atoms with Crippen molar-refractivity contribution in [3.8, 4) is 11.5 Å². The van der Waals surface area contributed by atoms with E-state index in [-0.39, 0.29) is 11.9 Å². The molecule has 2 heterocycles. The van der Waals surface area contributed by atoms with E-state index in [0.29, 0.717) is 16.4 Å². The van der Waals surface area contributed by atoms with Gasteiger partial charge in [-0.05, 0) is 22.7 Å². The first-order valence-electron chi connectivity index (χ1n) is 5.91. The van der Waals surface area contributed by atoms with Gasteiger partial charge in [0.1, 0.15) is 0 Å². The van der Waals surface area contributed by atoms with Crippen LogP contribution >= 0.6 is 11.3 Å². The van der Waals surface area contributed by atoms with E-state index in [4.69, 9.17) is 9.47 Å². The Morgan fingerprint density at radius 1 is 1.24 bits per heavy atom. The molecule has 0 atom stereocenters. The van der Waals surface area contributed by atoms with Gasteiger partial charge in [-0.15, -0.1) is 16.4 Å². The highest BCUT2D eigenvalue weighted by Crippen LogP contribution is 2.36. The lowest BCUT2D eigenvalue weighted by Crippen LogP contribution is -2.11. The first kappa shape index (κ1) is 13.3. The number of tetrazole rings is 1. The number of rotatable bonds is 4. The van der Waals surface area contributed by atoms with E-state index in [9.17, 15) is 4.79 Å². The zero-order valence-electron chi connectivity index (χ0n) is 11.2. The molecule has 9 heteroatoms. The Labute approximate surface area is 123 Å². The predicted octanol–water partition coefficient (Wildman–Crippen LogP) is 1.68. The predicted molar refractivity (Wildman–Crippen MR) is 77.1 cm³/mol. The Hall–Kier alpha value is -2.68. The highest BCUT2D eigenvalue weighted by Gasteiger charge is 2.14. The molecular weight excluding hydrogens is 294 g/mol. The topological polar surface area (TPSA) is 102 Å². The maximum Gasteiger partial charge on any atom is 0.270 e. The molecule has 108 valence electrons. The minimum Gasteiger partial charge on any atom is -0.493 e. The monoisotopic (exact) mass is 305 g/mol. The first-order chi connectivity index (χ1) is 10.2. The van der Waals surface area contributed by atoms with Gasteiger partial charge < -0.3 is 9.47 Å². The summed E-state index contributed by atoms with van der Waals surface area (Å²) in [6.45, 7) is 0. The number of nitrogens with zero attached hydrogens (tertiary/aromatic N) is 3. The molecule has 0 saturated heterocycles. The number of carbonyl (C=O) groups excluding carboxylic acids is 1. The fraction of sp³-hybridized carbons (Fsp3) is 0.167. The molecule has 0 bridgehead atoms. The molecule has 0 fully saturated rings. The van der Waals surface area contributed by atoms with Crippen molar-refractivity contribution < 1.29 is 14.3 Å². The van der Waals surface area contributed by atoms with Gasteiger partial charge in [-0.1, -0.05) is 5.10 Å². The lowest BCUT2D eigenvalue weighted by Gasteiger charge is -2.06. The molecule has 0 aliphatic carbocycles. The molecule has 2 aromatic heterocycles. The highest BCUT2D eigenvalue weighted by atomic mass is 32.1. The summed E-state index contributed by atoms with van der Waals surface area (Å²) in [4.78, 5) is 12.6. The molecule has 2 N–H and O–H groups in total. The number of H-pyrrole nitrogens is 1. The standard InChI is InChI=1S/C12H11N5O3S/c1-19-7-3-6-4-10(21-9(6)5-8(7)20-2)11(18)13-12-14-16-17-15-12/h3-5H,1-2H3,(H2,13,14,15,16,17,18). The van der Waals surface area contributed by atoms with Crippen LogP contribution in [-0.4, -0.2) is 40.8 Å². The van der Waals surface area contributed by atoms with Crippen LogP contribution in [0.1, 0.15) is 9.67 Å². The van der Waals surface area contributed by atoms with E-state index in [1.54, 1.807) is 20.3 Å². The molecule has 0 spiro atoms. The Morgan fingerprint density at radius 2 is 2.00 bits per heavy atom. The lowest BCUT2D eigenvalue weighted by molar-refractivity contribution is 0.102. The van der Waals surface area contributed by atoms with Crippen LogP contribution in [0, 0.1) is 0 Å². The lowest BCUT2D eigenvalue weighted by atomic mass is 10.2. The van der Waals surface area contributed by atoms with Crippen LogP contribution < -0.4 is 14.8 Å². The third-order valence-corrected chi connectivity index (χ3v) is 3.91. The maximum absolute atomic E-state index is 12.1. The number of hydrogen-bond donors (Lipinski definition) is 2. The van der Waals surface area contributed by atoms with E-state index >= 15 is 0 Å². The molecule has 0 aliphatic rings. The minimum atomic E-state index is -0.296. The fourth-order valence-corrected chi connectivity index (χ4v) is 2.82. The molecule has 21 heavy (non-hydrogen) atoms. The second-order valence-corrected chi connectivity index (χ2v) is 5.13. The van der Waals surface area contributed by atoms with Gasteiger partial charge in [-0.25, -0.2) is 0 Å². The van der Waals surface area contributed by atoms with Crippen LogP contribution in [0.5, 0.6) is 11.5 Å². The van der Waals surface area contributed by atoms with Crippen LogP contribution in [0.3, 0.4) is 0 Å². The van der Waals surface area contributed by atoms with Crippen molar-refractivity contribution in [2.45, 2.75) is 0 Å². The molecular formula is C12H11N5O3S. The van der Waals surface area contributed by atoms with Crippen LogP contribution in [-0.2, 0) is 0 Å². The Kier molecular flexibility index (Phi) is 3.40. The number of benzene rings is 1. The van der Waals surface area contributed by atoms with Crippen molar-refractivity contribution >= 4 is 33.3 Å². The highest BCUT2D eigenvalue weighted by molar-refractivity contribution is 7.20. The molecule has 3 aromatic rings. The number of methoxy groups -OCH3 is 2. The number of aromatic nitrogens is 4. The molecule has 0 saturated carbocycles. The average molecular weight is 305 g/mol. The maximum atomic E-state index is 12.1. The van der Waals surface area contributed by atoms with Crippen molar-refractivity contribution in [1.29, 1.82) is 0 Å². The second kappa shape index (κ2) is 5.37. The summed E-state index contributed by atoms with van der Waals surface area (Å²) in [5, 5.41) is 16.4. The number of hydrogen-bond acceptors (Lipinski definition) is 7. The van der Waals surface area contributed by atoms with E-state index in [1.165, 1.54) is 11.3 Å². The third-order valence-electron chi connectivity index (χ3n) is 2.82. The van der Waals surface area contributed by atoms with Crippen LogP contribution in [0.2, 0.25) is 0 Å². The number of carbonyl (C=O) groups is 1. The summed E-state index contributed by atoms with van der Waals surface area (Å²) in [6.07, 6.45) is 0. The number of aromatic amines is 1. The van der Waals surface area contributed by atoms with Crippen LogP contribution in [0.4, 0.5) is 5.95 Å². The van der Waals surface area contributed by atoms with Crippen molar-refractivity contribution in [2.24, 2.45) is 0 Å². The first-order valence-corrected chi connectivity index (χ1v) is 6.73. The zero-order valence-corrected chi connectivity index (χ0v) is 12.0. The summed E-state index contributed by atoms with van der Waals surface area (Å²) in [6, 6.07) is 5.44. The van der Waals surface area contributed by atoms with E-state index < -0.39 is 0 Å². The van der Waals surface area contributed by atoms with E-state index in [0.717, 1.165) is 10.1 Å². The Bertz CT molecular complexity index is 743. The smallest absolute Gasteiger partial charge is 0.270 e. The van der Waals surface area contributed by atoms with Crippen molar-refractivity contribution in [3.63, 3.8) is 0 Å². The van der Waals surface area contributed by atoms with Gasteiger partial charge in [0.05, 0.1) is 19.1 Å². The van der Waals surface area contributed by atoms with Crippen molar-refractivity contribution in [1.82, 2.24) is 20.6 Å². The van der Waals surface area contributed by atoms with Crippen molar-refractivity contribution in [3.05, 3.63) is 23.1 Å². The number of fused-ring (bicyclic) bond motifs is 1. The molecule has 0 radical (unpaired) electrons. The number of amides is 1. The van der Waals surface area contributed by atoms with Gasteiger partial charge in [-0.3, -0.25) is 10.1 Å². The van der Waals surface area contributed by atoms with Gasteiger partial charge >= 0.3 is 0 Å². The van der Waals surface area contributed by atoms with Crippen molar-refractivity contribution in [2.75, 3.05) is 19.5 Å². The summed E-state index contributed by atoms with van der Waals surface area (Å²) in [5.74, 6) is 1.08. The van der Waals surface area contributed by atoms with Gasteiger partial charge in [-0.2, -0.15) is 5.21 Å². The summed E-state index contributed by atoms with van der Waals surface area (Å²) in [7, 11) is 3.14. The van der Waals surface area contributed by atoms with Gasteiger partial charge in [0, 0.05) is 10.8 Å². The summed E-state index contributed by atoms with van der Waals surface area (Å²) in [5.41, 5.74) is 0. The number of ether oxygens (including phenoxy) is 2. The second-order valence-electron chi connectivity index (χ2n) is 4.05. The normalized spacial score (nSPS) is 10.6. The Balaban J connectivity index is 1.95. The molecule has 8 nitrogen and oxygen atoms in total.